The van der Waals surface area contributed by atoms with Crippen molar-refractivity contribution in [3.8, 4) is 0 Å². The molecule has 1 amide bonds. The number of carboxylic acids is 1. The average molecular weight is 281 g/mol. The Hall–Kier alpha value is -1.27. The minimum Gasteiger partial charge on any atom is -0.481 e. The van der Waals surface area contributed by atoms with E-state index in [1.807, 2.05) is 0 Å². The van der Waals surface area contributed by atoms with E-state index in [0.717, 1.165) is 12.8 Å². The molecule has 1 saturated heterocycles. The Balaban J connectivity index is 2.50. The van der Waals surface area contributed by atoms with E-state index in [9.17, 15) is 22.8 Å². The van der Waals surface area contributed by atoms with Gasteiger partial charge in [0.25, 0.3) is 0 Å². The smallest absolute Gasteiger partial charge is 0.389 e. The molecule has 110 valence electrons. The van der Waals surface area contributed by atoms with Crippen molar-refractivity contribution in [2.75, 3.05) is 6.54 Å². The first kappa shape index (κ1) is 15.8. The summed E-state index contributed by atoms with van der Waals surface area (Å²) in [4.78, 5) is 23.7. The molecule has 0 unspecified atom stereocenters. The summed E-state index contributed by atoms with van der Waals surface area (Å²) in [5.74, 6) is -1.47. The minimum atomic E-state index is -4.33. The van der Waals surface area contributed by atoms with Crippen LogP contribution in [0.1, 0.15) is 44.9 Å². The van der Waals surface area contributed by atoms with Crippen LogP contribution in [-0.4, -0.2) is 40.6 Å². The van der Waals surface area contributed by atoms with E-state index in [-0.39, 0.29) is 12.5 Å². The first-order valence-electron chi connectivity index (χ1n) is 6.37. The van der Waals surface area contributed by atoms with Crippen molar-refractivity contribution in [1.82, 2.24) is 4.90 Å². The number of hydrogen-bond donors (Lipinski definition) is 1. The van der Waals surface area contributed by atoms with E-state index in [1.165, 1.54) is 4.90 Å². The highest BCUT2D eigenvalue weighted by Crippen LogP contribution is 2.25. The number of nitrogens with zero attached hydrogens (tertiary/aromatic N) is 1. The molecule has 4 nitrogen and oxygen atoms in total. The molecule has 0 aromatic heterocycles. The molecule has 0 aliphatic carbocycles. The third-order valence-corrected chi connectivity index (χ3v) is 3.26. The van der Waals surface area contributed by atoms with E-state index in [1.54, 1.807) is 0 Å². The van der Waals surface area contributed by atoms with Crippen LogP contribution in [0.25, 0.3) is 0 Å². The Morgan fingerprint density at radius 1 is 1.21 bits per heavy atom. The highest BCUT2D eigenvalue weighted by molar-refractivity contribution is 5.76. The number of halogens is 3. The lowest BCUT2D eigenvalue weighted by molar-refractivity contribution is -0.151. The van der Waals surface area contributed by atoms with E-state index < -0.39 is 30.9 Å². The topological polar surface area (TPSA) is 57.6 Å². The number of alkyl halides is 3. The molecule has 0 bridgehead atoms. The first-order chi connectivity index (χ1) is 8.79. The number of hydrogen-bond acceptors (Lipinski definition) is 2. The van der Waals surface area contributed by atoms with Crippen LogP contribution in [0.3, 0.4) is 0 Å². The molecule has 0 saturated carbocycles. The summed E-state index contributed by atoms with van der Waals surface area (Å²) < 4.78 is 36.3. The van der Waals surface area contributed by atoms with Crippen molar-refractivity contribution in [1.29, 1.82) is 0 Å². The van der Waals surface area contributed by atoms with Crippen molar-refractivity contribution in [3.05, 3.63) is 0 Å². The van der Waals surface area contributed by atoms with Crippen molar-refractivity contribution >= 4 is 11.9 Å². The number of aliphatic carboxylic acids is 1. The molecule has 19 heavy (non-hydrogen) atoms. The number of carbonyl (C=O) groups is 2. The van der Waals surface area contributed by atoms with Gasteiger partial charge in [-0.2, -0.15) is 13.2 Å². The lowest BCUT2D eigenvalue weighted by atomic mass is 9.97. The maximum atomic E-state index is 12.1. The number of carbonyl (C=O) groups excluding carboxylic acids is 1. The lowest BCUT2D eigenvalue weighted by Gasteiger charge is -2.36. The van der Waals surface area contributed by atoms with Gasteiger partial charge < -0.3 is 10.0 Å². The van der Waals surface area contributed by atoms with Crippen molar-refractivity contribution in [3.63, 3.8) is 0 Å². The average Bonchev–Trinajstić information content (AvgIpc) is 2.33. The van der Waals surface area contributed by atoms with E-state index in [4.69, 9.17) is 5.11 Å². The molecule has 1 heterocycles. The molecule has 0 aromatic carbocycles. The van der Waals surface area contributed by atoms with Crippen molar-refractivity contribution in [2.24, 2.45) is 0 Å². The standard InChI is InChI=1S/C12H18F3NO3/c13-12(14,15)7-6-10(17)16-8-2-1-3-9(16)4-5-11(18)19/h9H,1-8H2,(H,18,19)/t9-/m1/s1. The van der Waals surface area contributed by atoms with Crippen LogP contribution in [0, 0.1) is 0 Å². The summed E-state index contributed by atoms with van der Waals surface area (Å²) in [5.41, 5.74) is 0. The van der Waals surface area contributed by atoms with Gasteiger partial charge in [0.15, 0.2) is 0 Å². The second-order valence-electron chi connectivity index (χ2n) is 4.78. The second kappa shape index (κ2) is 6.77. The number of piperidine rings is 1. The Morgan fingerprint density at radius 2 is 1.89 bits per heavy atom. The van der Waals surface area contributed by atoms with Crippen molar-refractivity contribution in [2.45, 2.75) is 57.2 Å². The Morgan fingerprint density at radius 3 is 2.47 bits per heavy atom. The van der Waals surface area contributed by atoms with Gasteiger partial charge in [-0.05, 0) is 25.7 Å². The van der Waals surface area contributed by atoms with Gasteiger partial charge in [-0.15, -0.1) is 0 Å². The fourth-order valence-electron chi connectivity index (χ4n) is 2.31. The predicted octanol–water partition coefficient (Wildman–Crippen LogP) is 2.57. The predicted molar refractivity (Wildman–Crippen MR) is 61.5 cm³/mol. The summed E-state index contributed by atoms with van der Waals surface area (Å²) in [7, 11) is 0. The maximum absolute atomic E-state index is 12.1. The SMILES string of the molecule is O=C(O)CC[C@H]1CCCCN1C(=O)CCC(F)(F)F. The van der Waals surface area contributed by atoms with E-state index in [0.29, 0.717) is 19.4 Å². The highest BCUT2D eigenvalue weighted by Gasteiger charge is 2.32. The minimum absolute atomic E-state index is 0.0618. The monoisotopic (exact) mass is 281 g/mol. The molecular weight excluding hydrogens is 263 g/mol. The van der Waals surface area contributed by atoms with Crippen LogP contribution in [-0.2, 0) is 9.59 Å². The van der Waals surface area contributed by atoms with Gasteiger partial charge in [0.2, 0.25) is 5.91 Å². The zero-order chi connectivity index (χ0) is 14.5. The van der Waals surface area contributed by atoms with Crippen LogP contribution in [0.2, 0.25) is 0 Å². The second-order valence-corrected chi connectivity index (χ2v) is 4.78. The molecule has 0 radical (unpaired) electrons. The molecule has 1 N–H and O–H groups in total. The van der Waals surface area contributed by atoms with Gasteiger partial charge in [-0.3, -0.25) is 9.59 Å². The molecule has 0 aromatic rings. The molecular formula is C12H18F3NO3. The quantitative estimate of drug-likeness (QED) is 0.842. The largest absolute Gasteiger partial charge is 0.481 e. The van der Waals surface area contributed by atoms with Crippen LogP contribution >= 0.6 is 0 Å². The van der Waals surface area contributed by atoms with Crippen LogP contribution in [0.5, 0.6) is 0 Å². The zero-order valence-electron chi connectivity index (χ0n) is 10.6. The fraction of sp³-hybridized carbons (Fsp3) is 0.833. The van der Waals surface area contributed by atoms with E-state index >= 15 is 0 Å². The molecule has 1 aliphatic heterocycles. The number of amides is 1. The maximum Gasteiger partial charge on any atom is 0.389 e. The van der Waals surface area contributed by atoms with Gasteiger partial charge in [0.05, 0.1) is 6.42 Å². The third-order valence-electron chi connectivity index (χ3n) is 3.26. The highest BCUT2D eigenvalue weighted by atomic mass is 19.4. The Bertz CT molecular complexity index is 331. The zero-order valence-corrected chi connectivity index (χ0v) is 10.6. The fourth-order valence-corrected chi connectivity index (χ4v) is 2.31. The van der Waals surface area contributed by atoms with Gasteiger partial charge >= 0.3 is 12.1 Å². The summed E-state index contributed by atoms with van der Waals surface area (Å²) in [6.07, 6.45) is -3.43. The summed E-state index contributed by atoms with van der Waals surface area (Å²) in [6, 6.07) is -0.231. The Kier molecular flexibility index (Phi) is 5.62. The van der Waals surface area contributed by atoms with Gasteiger partial charge in [-0.1, -0.05) is 0 Å². The summed E-state index contributed by atoms with van der Waals surface area (Å²) in [5, 5.41) is 8.63. The normalized spacial score (nSPS) is 20.4. The van der Waals surface area contributed by atoms with Crippen LogP contribution in [0.4, 0.5) is 13.2 Å². The molecule has 7 heteroatoms. The Labute approximate surface area is 109 Å². The first-order valence-corrected chi connectivity index (χ1v) is 6.37. The summed E-state index contributed by atoms with van der Waals surface area (Å²) >= 11 is 0. The number of likely N-dealkylation sites (tertiary alicyclic amines) is 1. The molecule has 1 rings (SSSR count). The molecule has 1 fully saturated rings. The molecule has 0 spiro atoms. The number of carboxylic acid groups (broad SMARTS) is 1. The van der Waals surface area contributed by atoms with Crippen LogP contribution in [0.15, 0.2) is 0 Å². The summed E-state index contributed by atoms with van der Waals surface area (Å²) in [6.45, 7) is 0.432. The van der Waals surface area contributed by atoms with Gasteiger partial charge in [-0.25, -0.2) is 0 Å². The van der Waals surface area contributed by atoms with Crippen LogP contribution < -0.4 is 0 Å². The van der Waals surface area contributed by atoms with Gasteiger partial charge in [0, 0.05) is 25.4 Å². The lowest BCUT2D eigenvalue weighted by Crippen LogP contribution is -2.44. The van der Waals surface area contributed by atoms with Gasteiger partial charge in [0.1, 0.15) is 0 Å². The van der Waals surface area contributed by atoms with Crippen molar-refractivity contribution < 1.29 is 27.9 Å². The third kappa shape index (κ3) is 5.94. The molecule has 1 atom stereocenters. The molecule has 1 aliphatic rings. The van der Waals surface area contributed by atoms with E-state index in [2.05, 4.69) is 0 Å². The number of rotatable bonds is 5.